The lowest BCUT2D eigenvalue weighted by Crippen LogP contribution is -2.10. The molecule has 0 saturated carbocycles. The molecule has 0 spiro atoms. The molecule has 0 atom stereocenters. The van der Waals surface area contributed by atoms with Gasteiger partial charge in [-0.05, 0) is 66.0 Å². The molecule has 3 heterocycles. The first kappa shape index (κ1) is 24.3. The third-order valence-corrected chi connectivity index (χ3v) is 11.1. The lowest BCUT2D eigenvalue weighted by Gasteiger charge is -2.27. The highest BCUT2D eigenvalue weighted by Crippen LogP contribution is 2.45. The Labute approximate surface area is 260 Å². The van der Waals surface area contributed by atoms with E-state index >= 15 is 0 Å². The van der Waals surface area contributed by atoms with Crippen molar-refractivity contribution in [3.05, 3.63) is 140 Å². The Morgan fingerprint density at radius 1 is 0.386 bits per heavy atom. The molecule has 0 amide bonds. The summed E-state index contributed by atoms with van der Waals surface area (Å²) in [5, 5.41) is 9.96. The largest absolute Gasteiger partial charge is 0.456 e. The average molecular weight is 598 g/mol. The van der Waals surface area contributed by atoms with Gasteiger partial charge in [0.1, 0.15) is 11.2 Å². The van der Waals surface area contributed by atoms with E-state index in [2.05, 4.69) is 132 Å². The van der Waals surface area contributed by atoms with Crippen molar-refractivity contribution in [3.63, 3.8) is 0 Å². The van der Waals surface area contributed by atoms with Crippen LogP contribution in [0.2, 0.25) is 0 Å². The van der Waals surface area contributed by atoms with E-state index in [-0.39, 0.29) is 0 Å². The summed E-state index contributed by atoms with van der Waals surface area (Å²) in [6.07, 6.45) is 0. The second-order valence-electron chi connectivity index (χ2n) is 11.3. The predicted octanol–water partition coefficient (Wildman–Crippen LogP) is 12.9. The van der Waals surface area contributed by atoms with Crippen LogP contribution in [0.25, 0.3) is 73.1 Å². The van der Waals surface area contributed by atoms with Crippen molar-refractivity contribution in [2.75, 3.05) is 4.90 Å². The lowest BCUT2D eigenvalue weighted by atomic mass is 10.0. The Balaban J connectivity index is 1.26. The first-order chi connectivity index (χ1) is 21.8. The Kier molecular flexibility index (Phi) is 5.06. The van der Waals surface area contributed by atoms with Crippen molar-refractivity contribution in [2.45, 2.75) is 0 Å². The molecule has 3 aromatic heterocycles. The minimum atomic E-state index is 0.892. The van der Waals surface area contributed by atoms with E-state index in [0.29, 0.717) is 0 Å². The number of benzene rings is 7. The second-order valence-corrected chi connectivity index (χ2v) is 13.5. The lowest BCUT2D eigenvalue weighted by molar-refractivity contribution is 0.669. The van der Waals surface area contributed by atoms with Gasteiger partial charge < -0.3 is 9.32 Å². The standard InChI is InChI=1S/C40H23NOS2/c1-4-13-35-27(9-1)28-18-16-25(21-36(28)42-35)41(26-17-19-31-29-10-2-5-14-37(29)44-40(31)22-26)34-12-7-8-24-20-39-33(23-32(24)34)30-11-3-6-15-38(30)43-39/h1-23H. The van der Waals surface area contributed by atoms with Crippen LogP contribution < -0.4 is 4.90 Å². The number of nitrogens with zero attached hydrogens (tertiary/aromatic N) is 1. The molecular weight excluding hydrogens is 575 g/mol. The second kappa shape index (κ2) is 9.17. The molecule has 44 heavy (non-hydrogen) atoms. The molecule has 0 N–H and O–H groups in total. The number of fused-ring (bicyclic) bond motifs is 10. The van der Waals surface area contributed by atoms with Crippen LogP contribution in [0.1, 0.15) is 0 Å². The summed E-state index contributed by atoms with van der Waals surface area (Å²) < 4.78 is 11.6. The Morgan fingerprint density at radius 2 is 1.00 bits per heavy atom. The van der Waals surface area contributed by atoms with E-state index in [0.717, 1.165) is 39.0 Å². The maximum Gasteiger partial charge on any atom is 0.137 e. The molecule has 0 unspecified atom stereocenters. The first-order valence-corrected chi connectivity index (χ1v) is 16.4. The fourth-order valence-electron chi connectivity index (χ4n) is 6.81. The highest BCUT2D eigenvalue weighted by atomic mass is 32.1. The van der Waals surface area contributed by atoms with Crippen LogP contribution in [0.4, 0.5) is 17.1 Å². The number of rotatable bonds is 3. The maximum atomic E-state index is 6.38. The van der Waals surface area contributed by atoms with Gasteiger partial charge in [0.25, 0.3) is 0 Å². The molecule has 4 heteroatoms. The summed E-state index contributed by atoms with van der Waals surface area (Å²) in [5.74, 6) is 0. The Bertz CT molecular complexity index is 2630. The number of furan rings is 1. The maximum absolute atomic E-state index is 6.38. The van der Waals surface area contributed by atoms with E-state index in [1.807, 2.05) is 34.8 Å². The molecule has 0 saturated heterocycles. The molecule has 0 aliphatic heterocycles. The summed E-state index contributed by atoms with van der Waals surface area (Å²) in [6.45, 7) is 0. The van der Waals surface area contributed by atoms with Gasteiger partial charge in [0.2, 0.25) is 0 Å². The average Bonchev–Trinajstić information content (AvgIpc) is 3.74. The van der Waals surface area contributed by atoms with Crippen LogP contribution in [0.3, 0.4) is 0 Å². The van der Waals surface area contributed by atoms with Crippen LogP contribution in [0.15, 0.2) is 144 Å². The fourth-order valence-corrected chi connectivity index (χ4v) is 9.08. The summed E-state index contributed by atoms with van der Waals surface area (Å²) >= 11 is 3.72. The van der Waals surface area contributed by atoms with E-state index in [9.17, 15) is 0 Å². The topological polar surface area (TPSA) is 16.4 Å². The van der Waals surface area contributed by atoms with Gasteiger partial charge in [-0.15, -0.1) is 22.7 Å². The van der Waals surface area contributed by atoms with Crippen LogP contribution in [0, 0.1) is 0 Å². The molecule has 0 aliphatic rings. The van der Waals surface area contributed by atoms with Crippen LogP contribution >= 0.6 is 22.7 Å². The molecular formula is C40H23NOS2. The van der Waals surface area contributed by atoms with Gasteiger partial charge >= 0.3 is 0 Å². The SMILES string of the molecule is c1cc(N(c2ccc3c(c2)oc2ccccc23)c2ccc3c(c2)sc2ccccc23)c2cc3c(cc2c1)sc1ccccc13. The predicted molar refractivity (Wildman–Crippen MR) is 192 cm³/mol. The third kappa shape index (κ3) is 3.53. The summed E-state index contributed by atoms with van der Waals surface area (Å²) in [6, 6.07) is 50.7. The van der Waals surface area contributed by atoms with Crippen LogP contribution in [-0.2, 0) is 0 Å². The van der Waals surface area contributed by atoms with Gasteiger partial charge in [0, 0.05) is 73.9 Å². The van der Waals surface area contributed by atoms with Crippen molar-refractivity contribution in [1.82, 2.24) is 0 Å². The summed E-state index contributed by atoms with van der Waals surface area (Å²) in [7, 11) is 0. The number of hydrogen-bond acceptors (Lipinski definition) is 4. The molecule has 10 rings (SSSR count). The van der Waals surface area contributed by atoms with E-state index in [1.54, 1.807) is 0 Å². The van der Waals surface area contributed by atoms with Crippen LogP contribution in [-0.4, -0.2) is 0 Å². The number of para-hydroxylation sites is 1. The molecule has 7 aromatic carbocycles. The zero-order valence-corrected chi connectivity index (χ0v) is 25.1. The molecule has 10 aromatic rings. The third-order valence-electron chi connectivity index (χ3n) is 8.84. The van der Waals surface area contributed by atoms with Crippen molar-refractivity contribution in [2.24, 2.45) is 0 Å². The first-order valence-electron chi connectivity index (χ1n) is 14.8. The minimum Gasteiger partial charge on any atom is -0.456 e. The van der Waals surface area contributed by atoms with Crippen molar-refractivity contribution < 1.29 is 4.42 Å². The summed E-state index contributed by atoms with van der Waals surface area (Å²) in [5.41, 5.74) is 5.15. The Morgan fingerprint density at radius 3 is 1.82 bits per heavy atom. The fraction of sp³-hybridized carbons (Fsp3) is 0. The zero-order chi connectivity index (χ0) is 28.8. The summed E-state index contributed by atoms with van der Waals surface area (Å²) in [4.78, 5) is 2.40. The molecule has 2 nitrogen and oxygen atoms in total. The Hall–Kier alpha value is -5.16. The highest BCUT2D eigenvalue weighted by Gasteiger charge is 2.19. The van der Waals surface area contributed by atoms with E-state index < -0.39 is 0 Å². The smallest absolute Gasteiger partial charge is 0.137 e. The van der Waals surface area contributed by atoms with Gasteiger partial charge in [-0.1, -0.05) is 72.8 Å². The van der Waals surface area contributed by atoms with Gasteiger partial charge in [-0.2, -0.15) is 0 Å². The number of thiophene rings is 2. The normalized spacial score (nSPS) is 12.1. The number of anilines is 3. The van der Waals surface area contributed by atoms with Crippen molar-refractivity contribution in [3.8, 4) is 0 Å². The van der Waals surface area contributed by atoms with E-state index in [4.69, 9.17) is 4.42 Å². The number of hydrogen-bond donors (Lipinski definition) is 0. The van der Waals surface area contributed by atoms with Crippen LogP contribution in [0.5, 0.6) is 0 Å². The minimum absolute atomic E-state index is 0.892. The molecule has 206 valence electrons. The molecule has 0 fully saturated rings. The van der Waals surface area contributed by atoms with Gasteiger partial charge in [-0.3, -0.25) is 0 Å². The molecule has 0 bridgehead atoms. The van der Waals surface area contributed by atoms with Gasteiger partial charge in [0.05, 0.1) is 5.69 Å². The molecule has 0 radical (unpaired) electrons. The monoisotopic (exact) mass is 597 g/mol. The zero-order valence-electron chi connectivity index (χ0n) is 23.5. The van der Waals surface area contributed by atoms with Crippen molar-refractivity contribution in [1.29, 1.82) is 0 Å². The van der Waals surface area contributed by atoms with Gasteiger partial charge in [0.15, 0.2) is 0 Å². The quantitative estimate of drug-likeness (QED) is 0.201. The molecule has 0 aliphatic carbocycles. The van der Waals surface area contributed by atoms with Gasteiger partial charge in [-0.25, -0.2) is 0 Å². The van der Waals surface area contributed by atoms with E-state index in [1.165, 1.54) is 51.1 Å². The van der Waals surface area contributed by atoms with Crippen molar-refractivity contribution >= 4 is 113 Å². The highest BCUT2D eigenvalue weighted by molar-refractivity contribution is 7.26.